The Morgan fingerprint density at radius 2 is 2.39 bits per heavy atom. The minimum absolute atomic E-state index is 0.0790. The van der Waals surface area contributed by atoms with Crippen molar-refractivity contribution in [3.8, 4) is 0 Å². The summed E-state index contributed by atoms with van der Waals surface area (Å²) in [5.41, 5.74) is 1.49. The van der Waals surface area contributed by atoms with E-state index in [9.17, 15) is 4.79 Å². The summed E-state index contributed by atoms with van der Waals surface area (Å²) >= 11 is 0. The number of H-pyrrole nitrogens is 1. The molecule has 0 radical (unpaired) electrons. The minimum atomic E-state index is -0.300. The maximum Gasteiger partial charge on any atom is 0.231 e. The zero-order chi connectivity index (χ0) is 12.6. The fourth-order valence-electron chi connectivity index (χ4n) is 2.31. The Morgan fingerprint density at radius 3 is 3.17 bits per heavy atom. The van der Waals surface area contributed by atoms with Gasteiger partial charge in [-0.2, -0.15) is 5.10 Å². The van der Waals surface area contributed by atoms with Gasteiger partial charge in [0.2, 0.25) is 5.91 Å². The number of carbonyl (C=O) groups is 1. The fraction of sp³-hybridized carbons (Fsp3) is 0.385. The lowest BCUT2D eigenvalue weighted by molar-refractivity contribution is -0.123. The topological polar surface area (TPSA) is 69.8 Å². The number of aromatic amines is 1. The van der Waals surface area contributed by atoms with E-state index in [1.165, 1.54) is 0 Å². The third-order valence-electron chi connectivity index (χ3n) is 3.61. The number of hydrogen-bond acceptors (Lipinski definition) is 3. The molecule has 94 valence electrons. The zero-order valence-electron chi connectivity index (χ0n) is 10.3. The van der Waals surface area contributed by atoms with Crippen molar-refractivity contribution in [1.82, 2.24) is 15.5 Å². The van der Waals surface area contributed by atoms with E-state index < -0.39 is 0 Å². The highest BCUT2D eigenvalue weighted by Gasteiger charge is 2.36. The standard InChI is InChI=1S/C13H16N4O/c1-13(4-5-14-8-13)12(18)16-10-2-3-11-9(6-10)7-15-17-11/h2-3,6-7,14H,4-5,8H2,1H3,(H,15,17)(H,16,18). The van der Waals surface area contributed by atoms with E-state index in [1.54, 1.807) is 6.20 Å². The first-order valence-corrected chi connectivity index (χ1v) is 6.13. The maximum atomic E-state index is 12.2. The summed E-state index contributed by atoms with van der Waals surface area (Å²) in [6, 6.07) is 5.75. The molecule has 5 heteroatoms. The molecule has 0 bridgehead atoms. The molecule has 2 heterocycles. The van der Waals surface area contributed by atoms with E-state index in [4.69, 9.17) is 0 Å². The second-order valence-corrected chi connectivity index (χ2v) is 5.11. The average Bonchev–Trinajstić information content (AvgIpc) is 2.98. The lowest BCUT2D eigenvalue weighted by Crippen LogP contribution is -2.35. The van der Waals surface area contributed by atoms with Gasteiger partial charge in [-0.25, -0.2) is 0 Å². The minimum Gasteiger partial charge on any atom is -0.326 e. The highest BCUT2D eigenvalue weighted by Crippen LogP contribution is 2.27. The van der Waals surface area contributed by atoms with Crippen LogP contribution in [0.25, 0.3) is 10.9 Å². The average molecular weight is 244 g/mol. The van der Waals surface area contributed by atoms with E-state index >= 15 is 0 Å². The molecule has 1 fully saturated rings. The summed E-state index contributed by atoms with van der Waals surface area (Å²) in [5.74, 6) is 0.0790. The van der Waals surface area contributed by atoms with Gasteiger partial charge in [-0.15, -0.1) is 0 Å². The van der Waals surface area contributed by atoms with Crippen molar-refractivity contribution < 1.29 is 4.79 Å². The molecule has 1 aliphatic rings. The van der Waals surface area contributed by atoms with Gasteiger partial charge in [0.1, 0.15) is 0 Å². The molecule has 2 aromatic rings. The Kier molecular flexibility index (Phi) is 2.56. The van der Waals surface area contributed by atoms with Gasteiger partial charge < -0.3 is 10.6 Å². The van der Waals surface area contributed by atoms with Crippen molar-refractivity contribution in [2.24, 2.45) is 5.41 Å². The van der Waals surface area contributed by atoms with Crippen LogP contribution in [0, 0.1) is 5.41 Å². The molecule has 3 rings (SSSR count). The number of rotatable bonds is 2. The number of hydrogen-bond donors (Lipinski definition) is 3. The molecule has 1 amide bonds. The van der Waals surface area contributed by atoms with Crippen LogP contribution in [0.1, 0.15) is 13.3 Å². The Hall–Kier alpha value is -1.88. The molecular weight excluding hydrogens is 228 g/mol. The molecule has 3 N–H and O–H groups in total. The van der Waals surface area contributed by atoms with Crippen LogP contribution < -0.4 is 10.6 Å². The van der Waals surface area contributed by atoms with Gasteiger partial charge in [0.05, 0.1) is 17.1 Å². The molecule has 0 spiro atoms. The highest BCUT2D eigenvalue weighted by atomic mass is 16.2. The van der Waals surface area contributed by atoms with Gasteiger partial charge in [0.15, 0.2) is 0 Å². The molecule has 1 saturated heterocycles. The number of carbonyl (C=O) groups excluding carboxylic acids is 1. The number of amides is 1. The van der Waals surface area contributed by atoms with Crippen LogP contribution in [0.2, 0.25) is 0 Å². The first-order chi connectivity index (χ1) is 8.67. The highest BCUT2D eigenvalue weighted by molar-refractivity contribution is 5.97. The van der Waals surface area contributed by atoms with Gasteiger partial charge in [0, 0.05) is 17.6 Å². The first-order valence-electron chi connectivity index (χ1n) is 6.13. The molecule has 5 nitrogen and oxygen atoms in total. The van der Waals surface area contributed by atoms with Gasteiger partial charge in [-0.3, -0.25) is 9.89 Å². The quantitative estimate of drug-likeness (QED) is 0.749. The van der Waals surface area contributed by atoms with Gasteiger partial charge in [-0.05, 0) is 38.1 Å². The number of benzene rings is 1. The zero-order valence-corrected chi connectivity index (χ0v) is 10.3. The second kappa shape index (κ2) is 4.10. The van der Waals surface area contributed by atoms with Gasteiger partial charge in [0.25, 0.3) is 0 Å². The molecule has 1 unspecified atom stereocenters. The molecule has 1 aliphatic heterocycles. The fourth-order valence-corrected chi connectivity index (χ4v) is 2.31. The summed E-state index contributed by atoms with van der Waals surface area (Å²) in [4.78, 5) is 12.2. The van der Waals surface area contributed by atoms with E-state index in [0.29, 0.717) is 0 Å². The van der Waals surface area contributed by atoms with Crippen molar-refractivity contribution >= 4 is 22.5 Å². The Bertz CT molecular complexity index is 583. The van der Waals surface area contributed by atoms with Crippen LogP contribution in [0.5, 0.6) is 0 Å². The number of anilines is 1. The third kappa shape index (κ3) is 1.86. The largest absolute Gasteiger partial charge is 0.326 e. The number of nitrogens with one attached hydrogen (secondary N) is 3. The Labute approximate surface area is 105 Å². The summed E-state index contributed by atoms with van der Waals surface area (Å²) in [5, 5.41) is 14.1. The van der Waals surface area contributed by atoms with Crippen LogP contribution in [0.15, 0.2) is 24.4 Å². The lowest BCUT2D eigenvalue weighted by Gasteiger charge is -2.21. The Balaban J connectivity index is 1.81. The molecule has 18 heavy (non-hydrogen) atoms. The van der Waals surface area contributed by atoms with Gasteiger partial charge >= 0.3 is 0 Å². The summed E-state index contributed by atoms with van der Waals surface area (Å²) < 4.78 is 0. The summed E-state index contributed by atoms with van der Waals surface area (Å²) in [6.07, 6.45) is 2.64. The molecular formula is C13H16N4O. The smallest absolute Gasteiger partial charge is 0.231 e. The first kappa shape index (κ1) is 11.2. The Morgan fingerprint density at radius 1 is 1.50 bits per heavy atom. The SMILES string of the molecule is CC1(C(=O)Nc2ccc3[nH]ncc3c2)CCNC1. The lowest BCUT2D eigenvalue weighted by atomic mass is 9.89. The van der Waals surface area contributed by atoms with E-state index in [-0.39, 0.29) is 11.3 Å². The van der Waals surface area contributed by atoms with E-state index in [0.717, 1.165) is 36.1 Å². The van der Waals surface area contributed by atoms with E-state index in [1.807, 2.05) is 25.1 Å². The third-order valence-corrected chi connectivity index (χ3v) is 3.61. The maximum absolute atomic E-state index is 12.2. The van der Waals surface area contributed by atoms with Crippen LogP contribution >= 0.6 is 0 Å². The van der Waals surface area contributed by atoms with Crippen molar-refractivity contribution in [2.45, 2.75) is 13.3 Å². The van der Waals surface area contributed by atoms with Crippen molar-refractivity contribution in [3.05, 3.63) is 24.4 Å². The van der Waals surface area contributed by atoms with Crippen molar-refractivity contribution in [1.29, 1.82) is 0 Å². The number of aromatic nitrogens is 2. The van der Waals surface area contributed by atoms with Crippen LogP contribution in [-0.2, 0) is 4.79 Å². The van der Waals surface area contributed by atoms with Crippen LogP contribution in [0.4, 0.5) is 5.69 Å². The summed E-state index contributed by atoms with van der Waals surface area (Å²) in [6.45, 7) is 3.65. The molecule has 1 aromatic heterocycles. The van der Waals surface area contributed by atoms with Crippen LogP contribution in [-0.4, -0.2) is 29.2 Å². The predicted octanol–water partition coefficient (Wildman–Crippen LogP) is 1.50. The monoisotopic (exact) mass is 244 g/mol. The summed E-state index contributed by atoms with van der Waals surface area (Å²) in [7, 11) is 0. The molecule has 1 aromatic carbocycles. The van der Waals surface area contributed by atoms with Gasteiger partial charge in [-0.1, -0.05) is 0 Å². The number of fused-ring (bicyclic) bond motifs is 1. The molecule has 0 saturated carbocycles. The molecule has 1 atom stereocenters. The van der Waals surface area contributed by atoms with Crippen LogP contribution in [0.3, 0.4) is 0 Å². The predicted molar refractivity (Wildman–Crippen MR) is 70.3 cm³/mol. The molecule has 0 aliphatic carbocycles. The van der Waals surface area contributed by atoms with E-state index in [2.05, 4.69) is 20.8 Å². The second-order valence-electron chi connectivity index (χ2n) is 5.11. The number of nitrogens with zero attached hydrogens (tertiary/aromatic N) is 1. The van der Waals surface area contributed by atoms with Crippen molar-refractivity contribution in [3.63, 3.8) is 0 Å². The van der Waals surface area contributed by atoms with Crippen molar-refractivity contribution in [2.75, 3.05) is 18.4 Å². The normalized spacial score (nSPS) is 23.4.